The Morgan fingerprint density at radius 1 is 1.15 bits per heavy atom. The van der Waals surface area contributed by atoms with Crippen LogP contribution < -0.4 is 5.69 Å². The van der Waals surface area contributed by atoms with Crippen molar-refractivity contribution in [2.45, 2.75) is 6.92 Å². The lowest BCUT2D eigenvalue weighted by Gasteiger charge is -2.09. The number of nitrogens with one attached hydrogen (secondary N) is 1. The van der Waals surface area contributed by atoms with Gasteiger partial charge >= 0.3 is 11.7 Å². The summed E-state index contributed by atoms with van der Waals surface area (Å²) in [5, 5.41) is 9.17. The zero-order valence-electron chi connectivity index (χ0n) is 10.8. The normalized spacial score (nSPS) is 10.8. The first-order valence-electron chi connectivity index (χ1n) is 6.12. The maximum atomic E-state index is 12.1. The van der Waals surface area contributed by atoms with Gasteiger partial charge in [0, 0.05) is 0 Å². The molecule has 3 rings (SSSR count). The Kier molecular flexibility index (Phi) is 2.68. The van der Waals surface area contributed by atoms with Crippen molar-refractivity contribution in [2.75, 3.05) is 0 Å². The number of aromatic carboxylic acids is 1. The number of rotatable bonds is 2. The van der Waals surface area contributed by atoms with Crippen molar-refractivity contribution in [3.63, 3.8) is 0 Å². The summed E-state index contributed by atoms with van der Waals surface area (Å²) < 4.78 is 1.50. The molecular formula is C15H12N2O3. The SMILES string of the molecule is Cc1c(C(=O)O)cccc1-n1c(=O)[nH]c2ccccc21. The fourth-order valence-corrected chi connectivity index (χ4v) is 2.39. The third-order valence-corrected chi connectivity index (χ3v) is 3.37. The topological polar surface area (TPSA) is 75.1 Å². The first-order chi connectivity index (χ1) is 9.59. The predicted molar refractivity (Wildman–Crippen MR) is 75.6 cm³/mol. The number of carbonyl (C=O) groups is 1. The first-order valence-corrected chi connectivity index (χ1v) is 6.12. The van der Waals surface area contributed by atoms with Crippen LogP contribution in [0, 0.1) is 6.92 Å². The average Bonchev–Trinajstić information content (AvgIpc) is 2.75. The van der Waals surface area contributed by atoms with Crippen molar-refractivity contribution in [3.8, 4) is 5.69 Å². The maximum Gasteiger partial charge on any atom is 0.336 e. The number of fused-ring (bicyclic) bond motifs is 1. The Labute approximate surface area is 114 Å². The number of hydrogen-bond acceptors (Lipinski definition) is 2. The molecule has 5 heteroatoms. The van der Waals surface area contributed by atoms with E-state index in [0.717, 1.165) is 11.0 Å². The van der Waals surface area contributed by atoms with Gasteiger partial charge in [0.1, 0.15) is 0 Å². The van der Waals surface area contributed by atoms with E-state index in [9.17, 15) is 14.7 Å². The van der Waals surface area contributed by atoms with Crippen molar-refractivity contribution >= 4 is 17.0 Å². The number of benzene rings is 2. The van der Waals surface area contributed by atoms with Gasteiger partial charge < -0.3 is 10.1 Å². The van der Waals surface area contributed by atoms with Crippen molar-refractivity contribution in [3.05, 3.63) is 64.1 Å². The predicted octanol–water partition coefficient (Wildman–Crippen LogP) is 2.33. The van der Waals surface area contributed by atoms with Gasteiger partial charge in [0.05, 0.1) is 22.3 Å². The number of imidazole rings is 1. The molecule has 20 heavy (non-hydrogen) atoms. The molecule has 0 aliphatic rings. The lowest BCUT2D eigenvalue weighted by atomic mass is 10.1. The zero-order chi connectivity index (χ0) is 14.3. The minimum Gasteiger partial charge on any atom is -0.478 e. The van der Waals surface area contributed by atoms with Crippen LogP contribution in [0.5, 0.6) is 0 Å². The summed E-state index contributed by atoms with van der Waals surface area (Å²) in [6, 6.07) is 12.2. The number of H-pyrrole nitrogens is 1. The van der Waals surface area contributed by atoms with E-state index in [1.54, 1.807) is 19.1 Å². The summed E-state index contributed by atoms with van der Waals surface area (Å²) in [4.78, 5) is 26.1. The summed E-state index contributed by atoms with van der Waals surface area (Å²) in [6.45, 7) is 1.70. The number of carboxylic acid groups (broad SMARTS) is 1. The van der Waals surface area contributed by atoms with Crippen molar-refractivity contribution in [1.82, 2.24) is 9.55 Å². The highest BCUT2D eigenvalue weighted by atomic mass is 16.4. The maximum absolute atomic E-state index is 12.1. The number of aromatic amines is 1. The average molecular weight is 268 g/mol. The standard InChI is InChI=1S/C15H12N2O3/c1-9-10(14(18)19)5-4-8-12(9)17-13-7-3-2-6-11(13)16-15(17)20/h2-8H,1H3,(H,16,20)(H,18,19). The fraction of sp³-hybridized carbons (Fsp3) is 0.0667. The van der Waals surface area contributed by atoms with E-state index in [2.05, 4.69) is 4.98 Å². The molecule has 0 fully saturated rings. The van der Waals surface area contributed by atoms with Crippen molar-refractivity contribution in [2.24, 2.45) is 0 Å². The molecule has 0 saturated carbocycles. The number of nitrogens with zero attached hydrogens (tertiary/aromatic N) is 1. The van der Waals surface area contributed by atoms with E-state index < -0.39 is 5.97 Å². The third kappa shape index (κ3) is 1.72. The molecule has 2 N–H and O–H groups in total. The fourth-order valence-electron chi connectivity index (χ4n) is 2.39. The van der Waals surface area contributed by atoms with Gasteiger partial charge in [-0.25, -0.2) is 9.59 Å². The van der Waals surface area contributed by atoms with Crippen LogP contribution in [0.25, 0.3) is 16.7 Å². The number of hydrogen-bond donors (Lipinski definition) is 2. The highest BCUT2D eigenvalue weighted by Crippen LogP contribution is 2.21. The molecule has 0 radical (unpaired) electrons. The molecule has 1 heterocycles. The monoisotopic (exact) mass is 268 g/mol. The Morgan fingerprint density at radius 3 is 2.65 bits per heavy atom. The zero-order valence-corrected chi connectivity index (χ0v) is 10.8. The molecule has 0 unspecified atom stereocenters. The van der Waals surface area contributed by atoms with Crippen LogP contribution in [0.2, 0.25) is 0 Å². The van der Waals surface area contributed by atoms with Gasteiger partial charge in [0.2, 0.25) is 0 Å². The van der Waals surface area contributed by atoms with Gasteiger partial charge in [-0.3, -0.25) is 4.57 Å². The van der Waals surface area contributed by atoms with Gasteiger partial charge in [-0.1, -0.05) is 18.2 Å². The van der Waals surface area contributed by atoms with Crippen LogP contribution in [0.3, 0.4) is 0 Å². The summed E-state index contributed by atoms with van der Waals surface area (Å²) in [5.74, 6) is -1.00. The van der Waals surface area contributed by atoms with E-state index in [-0.39, 0.29) is 11.3 Å². The largest absolute Gasteiger partial charge is 0.478 e. The molecule has 0 amide bonds. The minimum absolute atomic E-state index is 0.194. The highest BCUT2D eigenvalue weighted by Gasteiger charge is 2.14. The van der Waals surface area contributed by atoms with E-state index >= 15 is 0 Å². The summed E-state index contributed by atoms with van der Waals surface area (Å²) >= 11 is 0. The molecule has 0 aliphatic carbocycles. The van der Waals surface area contributed by atoms with Gasteiger partial charge in [0.15, 0.2) is 0 Å². The molecule has 1 aromatic heterocycles. The van der Waals surface area contributed by atoms with Crippen molar-refractivity contribution < 1.29 is 9.90 Å². The molecule has 2 aromatic carbocycles. The Bertz CT molecular complexity index is 874. The van der Waals surface area contributed by atoms with Crippen LogP contribution in [-0.2, 0) is 0 Å². The number of carboxylic acids is 1. The van der Waals surface area contributed by atoms with E-state index in [1.807, 2.05) is 24.3 Å². The van der Waals surface area contributed by atoms with Crippen LogP contribution >= 0.6 is 0 Å². The third-order valence-electron chi connectivity index (χ3n) is 3.37. The molecule has 0 spiro atoms. The molecule has 0 atom stereocenters. The van der Waals surface area contributed by atoms with E-state index in [0.29, 0.717) is 11.3 Å². The lowest BCUT2D eigenvalue weighted by molar-refractivity contribution is 0.0696. The molecule has 0 bridgehead atoms. The molecule has 100 valence electrons. The van der Waals surface area contributed by atoms with Gasteiger partial charge in [-0.15, -0.1) is 0 Å². The molecule has 0 aliphatic heterocycles. The quantitative estimate of drug-likeness (QED) is 0.749. The first kappa shape index (κ1) is 12.2. The summed E-state index contributed by atoms with van der Waals surface area (Å²) in [5.41, 5.74) is 2.50. The van der Waals surface area contributed by atoms with Crippen LogP contribution in [0.15, 0.2) is 47.3 Å². The van der Waals surface area contributed by atoms with E-state index in [1.165, 1.54) is 10.6 Å². The van der Waals surface area contributed by atoms with Gasteiger partial charge in [0.25, 0.3) is 0 Å². The molecule has 5 nitrogen and oxygen atoms in total. The Morgan fingerprint density at radius 2 is 1.90 bits per heavy atom. The second-order valence-corrected chi connectivity index (χ2v) is 4.54. The number of aromatic nitrogens is 2. The van der Waals surface area contributed by atoms with E-state index in [4.69, 9.17) is 0 Å². The Balaban J connectivity index is 2.37. The number of para-hydroxylation sites is 2. The Hall–Kier alpha value is -2.82. The smallest absolute Gasteiger partial charge is 0.336 e. The molecular weight excluding hydrogens is 256 g/mol. The summed E-state index contributed by atoms with van der Waals surface area (Å²) in [6.07, 6.45) is 0. The second-order valence-electron chi connectivity index (χ2n) is 4.54. The minimum atomic E-state index is -1.00. The van der Waals surface area contributed by atoms with Crippen molar-refractivity contribution in [1.29, 1.82) is 0 Å². The summed E-state index contributed by atoms with van der Waals surface area (Å²) in [7, 11) is 0. The van der Waals surface area contributed by atoms with Crippen LogP contribution in [0.4, 0.5) is 0 Å². The molecule has 0 saturated heterocycles. The van der Waals surface area contributed by atoms with Gasteiger partial charge in [-0.05, 0) is 36.8 Å². The second kappa shape index (κ2) is 4.38. The van der Waals surface area contributed by atoms with Crippen LogP contribution in [-0.4, -0.2) is 20.6 Å². The van der Waals surface area contributed by atoms with Crippen LogP contribution in [0.1, 0.15) is 15.9 Å². The van der Waals surface area contributed by atoms with Gasteiger partial charge in [-0.2, -0.15) is 0 Å². The highest BCUT2D eigenvalue weighted by molar-refractivity contribution is 5.91. The lowest BCUT2D eigenvalue weighted by Crippen LogP contribution is -2.16. The molecule has 3 aromatic rings.